The first-order valence-electron chi connectivity index (χ1n) is 7.38. The van der Waals surface area contributed by atoms with Gasteiger partial charge in [-0.1, -0.05) is 48.5 Å². The molecule has 0 saturated carbocycles. The van der Waals surface area contributed by atoms with Crippen molar-refractivity contribution in [3.05, 3.63) is 70.8 Å². The summed E-state index contributed by atoms with van der Waals surface area (Å²) < 4.78 is 0. The molecule has 0 heterocycles. The van der Waals surface area contributed by atoms with Crippen LogP contribution in [0.5, 0.6) is 0 Å². The maximum atomic E-state index is 12.0. The number of rotatable bonds is 1. The lowest BCUT2D eigenvalue weighted by molar-refractivity contribution is -0.150. The Labute approximate surface area is 128 Å². The standard InChI is InChI=1S/C19H15NO2/c1-18(17(21)22)10-19(11-20)14-8-4-2-6-12(14)16(18)13-7-3-5-9-15(13)19/h2-9,16H,10H2,1H3,(H,21,22). The Hall–Kier alpha value is -2.60. The molecule has 5 rings (SSSR count). The molecule has 0 aromatic heterocycles. The molecular weight excluding hydrogens is 274 g/mol. The molecule has 0 amide bonds. The van der Waals surface area contributed by atoms with E-state index in [9.17, 15) is 15.2 Å². The number of aliphatic carboxylic acids is 1. The molecule has 0 radical (unpaired) electrons. The van der Waals surface area contributed by atoms with E-state index in [0.29, 0.717) is 6.42 Å². The highest BCUT2D eigenvalue weighted by Gasteiger charge is 2.61. The van der Waals surface area contributed by atoms with Gasteiger partial charge in [0.1, 0.15) is 5.41 Å². The normalized spacial score (nSPS) is 31.0. The fraction of sp³-hybridized carbons (Fsp3) is 0.263. The molecule has 0 spiro atoms. The highest BCUT2D eigenvalue weighted by atomic mass is 16.4. The van der Waals surface area contributed by atoms with Crippen molar-refractivity contribution in [2.45, 2.75) is 24.7 Å². The van der Waals surface area contributed by atoms with Crippen LogP contribution in [0, 0.1) is 16.7 Å². The van der Waals surface area contributed by atoms with E-state index in [1.807, 2.05) is 48.5 Å². The van der Waals surface area contributed by atoms with Gasteiger partial charge >= 0.3 is 5.97 Å². The Morgan fingerprint density at radius 2 is 1.64 bits per heavy atom. The van der Waals surface area contributed by atoms with Gasteiger partial charge in [-0.15, -0.1) is 0 Å². The minimum atomic E-state index is -0.960. The van der Waals surface area contributed by atoms with Gasteiger partial charge in [0.15, 0.2) is 0 Å². The number of carboxylic acids is 1. The van der Waals surface area contributed by atoms with Gasteiger partial charge in [-0.05, 0) is 35.6 Å². The van der Waals surface area contributed by atoms with Crippen LogP contribution in [-0.2, 0) is 10.2 Å². The number of carboxylic acid groups (broad SMARTS) is 1. The summed E-state index contributed by atoms with van der Waals surface area (Å²) >= 11 is 0. The van der Waals surface area contributed by atoms with E-state index in [1.54, 1.807) is 6.92 Å². The van der Waals surface area contributed by atoms with Crippen LogP contribution in [0.3, 0.4) is 0 Å². The molecule has 108 valence electrons. The second-order valence-corrected chi connectivity index (χ2v) is 6.52. The number of fused-ring (bicyclic) bond motifs is 1. The molecule has 1 N–H and O–H groups in total. The fourth-order valence-electron chi connectivity index (χ4n) is 4.48. The molecule has 2 aromatic rings. The monoisotopic (exact) mass is 289 g/mol. The van der Waals surface area contributed by atoms with E-state index < -0.39 is 16.8 Å². The predicted molar refractivity (Wildman–Crippen MR) is 81.5 cm³/mol. The molecule has 0 fully saturated rings. The number of carbonyl (C=O) groups is 1. The summed E-state index contributed by atoms with van der Waals surface area (Å²) in [6.07, 6.45) is 0.324. The van der Waals surface area contributed by atoms with Gasteiger partial charge in [-0.25, -0.2) is 0 Å². The number of nitrogens with zero attached hydrogens (tertiary/aromatic N) is 1. The van der Waals surface area contributed by atoms with Gasteiger partial charge in [0.25, 0.3) is 0 Å². The van der Waals surface area contributed by atoms with Crippen LogP contribution in [0.25, 0.3) is 0 Å². The van der Waals surface area contributed by atoms with Gasteiger partial charge < -0.3 is 5.11 Å². The first-order chi connectivity index (χ1) is 10.5. The predicted octanol–water partition coefficient (Wildman–Crippen LogP) is 3.44. The van der Waals surface area contributed by atoms with E-state index in [4.69, 9.17) is 0 Å². The number of nitriles is 1. The minimum Gasteiger partial charge on any atom is -0.481 e. The van der Waals surface area contributed by atoms with Crippen molar-refractivity contribution in [3.63, 3.8) is 0 Å². The molecular formula is C19H15NO2. The zero-order chi connectivity index (χ0) is 15.5. The van der Waals surface area contributed by atoms with Crippen molar-refractivity contribution >= 4 is 5.97 Å². The highest BCUT2D eigenvalue weighted by Crippen LogP contribution is 2.63. The van der Waals surface area contributed by atoms with Gasteiger partial charge in [0.2, 0.25) is 0 Å². The van der Waals surface area contributed by atoms with Crippen molar-refractivity contribution in [2.75, 3.05) is 0 Å². The number of hydrogen-bond donors (Lipinski definition) is 1. The van der Waals surface area contributed by atoms with E-state index >= 15 is 0 Å². The molecule has 22 heavy (non-hydrogen) atoms. The topological polar surface area (TPSA) is 61.1 Å². The van der Waals surface area contributed by atoms with Crippen LogP contribution in [0.2, 0.25) is 0 Å². The van der Waals surface area contributed by atoms with Gasteiger partial charge in [0, 0.05) is 5.92 Å². The number of benzene rings is 2. The van der Waals surface area contributed by atoms with Crippen molar-refractivity contribution in [3.8, 4) is 6.07 Å². The van der Waals surface area contributed by atoms with Crippen LogP contribution in [0.15, 0.2) is 48.5 Å². The first-order valence-corrected chi connectivity index (χ1v) is 7.38. The summed E-state index contributed by atoms with van der Waals surface area (Å²) in [6.45, 7) is 1.78. The average Bonchev–Trinajstić information content (AvgIpc) is 2.55. The summed E-state index contributed by atoms with van der Waals surface area (Å²) in [6, 6.07) is 18.1. The van der Waals surface area contributed by atoms with Gasteiger partial charge in [0.05, 0.1) is 11.5 Å². The van der Waals surface area contributed by atoms with Gasteiger partial charge in [-0.3, -0.25) is 4.79 Å². The Bertz CT molecular complexity index is 801. The molecule has 0 aliphatic heterocycles. The molecule has 1 unspecified atom stereocenters. The smallest absolute Gasteiger partial charge is 0.310 e. The van der Waals surface area contributed by atoms with Crippen LogP contribution >= 0.6 is 0 Å². The Balaban J connectivity index is 2.16. The number of hydrogen-bond acceptors (Lipinski definition) is 2. The summed E-state index contributed by atoms with van der Waals surface area (Å²) in [7, 11) is 0. The average molecular weight is 289 g/mol. The quantitative estimate of drug-likeness (QED) is 0.874. The lowest BCUT2D eigenvalue weighted by atomic mass is 9.47. The van der Waals surface area contributed by atoms with E-state index in [0.717, 1.165) is 22.3 Å². The highest BCUT2D eigenvalue weighted by molar-refractivity contribution is 5.81. The Morgan fingerprint density at radius 3 is 2.09 bits per heavy atom. The molecule has 1 atom stereocenters. The van der Waals surface area contributed by atoms with Crippen LogP contribution in [0.1, 0.15) is 41.5 Å². The minimum absolute atomic E-state index is 0.201. The summed E-state index contributed by atoms with van der Waals surface area (Å²) in [5, 5.41) is 19.9. The second-order valence-electron chi connectivity index (χ2n) is 6.52. The second kappa shape index (κ2) is 3.98. The van der Waals surface area contributed by atoms with Crippen LogP contribution < -0.4 is 0 Å². The van der Waals surface area contributed by atoms with Crippen LogP contribution in [0.4, 0.5) is 0 Å². The summed E-state index contributed by atoms with van der Waals surface area (Å²) in [4.78, 5) is 12.0. The lowest BCUT2D eigenvalue weighted by Gasteiger charge is -2.53. The molecule has 2 aromatic carbocycles. The third kappa shape index (κ3) is 1.28. The summed E-state index contributed by atoms with van der Waals surface area (Å²) in [5.74, 6) is -1.03. The molecule has 2 bridgehead atoms. The van der Waals surface area contributed by atoms with Gasteiger partial charge in [-0.2, -0.15) is 5.26 Å². The Morgan fingerprint density at radius 1 is 1.14 bits per heavy atom. The molecule has 0 saturated heterocycles. The van der Waals surface area contributed by atoms with E-state index in [1.165, 1.54) is 0 Å². The molecule has 3 heteroatoms. The first kappa shape index (κ1) is 13.1. The van der Waals surface area contributed by atoms with E-state index in [2.05, 4.69) is 6.07 Å². The largest absolute Gasteiger partial charge is 0.481 e. The molecule has 3 nitrogen and oxygen atoms in total. The zero-order valence-corrected chi connectivity index (χ0v) is 12.2. The van der Waals surface area contributed by atoms with Crippen molar-refractivity contribution in [2.24, 2.45) is 5.41 Å². The SMILES string of the molecule is CC1(C(=O)O)CC2(C#N)c3ccccc3C1c1ccccc12. The van der Waals surface area contributed by atoms with E-state index in [-0.39, 0.29) is 5.92 Å². The summed E-state index contributed by atoms with van der Waals surface area (Å²) in [5.41, 5.74) is 2.09. The van der Waals surface area contributed by atoms with Crippen molar-refractivity contribution in [1.82, 2.24) is 0 Å². The maximum Gasteiger partial charge on any atom is 0.310 e. The Kier molecular flexibility index (Phi) is 2.37. The maximum absolute atomic E-state index is 12.0. The third-order valence-electron chi connectivity index (χ3n) is 5.41. The van der Waals surface area contributed by atoms with Crippen molar-refractivity contribution in [1.29, 1.82) is 5.26 Å². The van der Waals surface area contributed by atoms with Crippen LogP contribution in [-0.4, -0.2) is 11.1 Å². The molecule has 3 aliphatic carbocycles. The zero-order valence-electron chi connectivity index (χ0n) is 12.2. The lowest BCUT2D eigenvalue weighted by Crippen LogP contribution is -2.52. The fourth-order valence-corrected chi connectivity index (χ4v) is 4.48. The molecule has 3 aliphatic rings. The third-order valence-corrected chi connectivity index (χ3v) is 5.41. The van der Waals surface area contributed by atoms with Crippen molar-refractivity contribution < 1.29 is 9.90 Å².